The van der Waals surface area contributed by atoms with Gasteiger partial charge >= 0.3 is 6.03 Å². The number of nitrogens with two attached hydrogens (primary N) is 1. The van der Waals surface area contributed by atoms with Crippen LogP contribution in [0, 0.1) is 5.92 Å². The fraction of sp³-hybridized carbons (Fsp3) is 0.583. The zero-order chi connectivity index (χ0) is 12.4. The van der Waals surface area contributed by atoms with Crippen LogP contribution in [0.15, 0.2) is 18.5 Å². The first-order chi connectivity index (χ1) is 8.13. The number of carbonyl (C=O) groups excluding carboxylic acids is 1. The van der Waals surface area contributed by atoms with Crippen LogP contribution in [0.1, 0.15) is 18.5 Å². The highest BCUT2D eigenvalue weighted by molar-refractivity contribution is 5.77. The van der Waals surface area contributed by atoms with Crippen molar-refractivity contribution in [2.45, 2.75) is 13.0 Å². The molecule has 2 atom stereocenters. The van der Waals surface area contributed by atoms with Gasteiger partial charge in [0.05, 0.1) is 6.04 Å². The lowest BCUT2D eigenvalue weighted by Gasteiger charge is -2.19. The third-order valence-electron chi connectivity index (χ3n) is 3.37. The molecule has 1 aromatic rings. The summed E-state index contributed by atoms with van der Waals surface area (Å²) in [6.45, 7) is 4.16. The summed E-state index contributed by atoms with van der Waals surface area (Å²) in [4.78, 5) is 18.8. The summed E-state index contributed by atoms with van der Waals surface area (Å²) in [5.74, 6) is 0.345. The monoisotopic (exact) mass is 236 g/mol. The maximum atomic E-state index is 12.1. The molecule has 5 nitrogen and oxygen atoms in total. The Hall–Kier alpha value is -1.49. The van der Waals surface area contributed by atoms with Crippen molar-refractivity contribution in [3.63, 3.8) is 0 Å². The molecule has 2 rings (SSSR count). The molecule has 2 heterocycles. The van der Waals surface area contributed by atoms with Gasteiger partial charge < -0.3 is 20.5 Å². The third kappa shape index (κ3) is 2.29. The lowest BCUT2D eigenvalue weighted by Crippen LogP contribution is -2.34. The summed E-state index contributed by atoms with van der Waals surface area (Å²) < 4.78 is 0. The highest BCUT2D eigenvalue weighted by atomic mass is 16.2. The number of nitrogens with one attached hydrogen (secondary N) is 1. The number of likely N-dealkylation sites (N-methyl/N-ethyl adjacent to an activating group) is 1. The van der Waals surface area contributed by atoms with E-state index in [9.17, 15) is 4.79 Å². The molecule has 0 aromatic carbocycles. The minimum atomic E-state index is 0.0940. The fourth-order valence-corrected chi connectivity index (χ4v) is 2.24. The van der Waals surface area contributed by atoms with E-state index in [0.717, 1.165) is 18.7 Å². The summed E-state index contributed by atoms with van der Waals surface area (Å²) in [6.07, 6.45) is 3.84. The number of hydrogen-bond donors (Lipinski definition) is 2. The fourth-order valence-electron chi connectivity index (χ4n) is 2.24. The molecule has 0 saturated carbocycles. The Kier molecular flexibility index (Phi) is 3.38. The van der Waals surface area contributed by atoms with Gasteiger partial charge in [0.1, 0.15) is 0 Å². The standard InChI is InChI=1S/C12H20N4O/c1-9(5-13)7-16-8-11(15(2)12(16)17)10-3-4-14-6-10/h3-4,6,9,11,14H,5,7-8,13H2,1-2H3. The van der Waals surface area contributed by atoms with Crippen LogP contribution in [0.4, 0.5) is 4.79 Å². The first kappa shape index (κ1) is 12.0. The van der Waals surface area contributed by atoms with E-state index in [1.807, 2.05) is 30.4 Å². The molecule has 2 amide bonds. The average molecular weight is 236 g/mol. The topological polar surface area (TPSA) is 65.4 Å². The predicted octanol–water partition coefficient (Wildman–Crippen LogP) is 1.02. The van der Waals surface area contributed by atoms with E-state index in [-0.39, 0.29) is 12.1 Å². The maximum Gasteiger partial charge on any atom is 0.320 e. The molecule has 17 heavy (non-hydrogen) atoms. The Morgan fingerprint density at radius 1 is 1.65 bits per heavy atom. The number of rotatable bonds is 4. The number of aromatic nitrogens is 1. The van der Waals surface area contributed by atoms with Crippen molar-refractivity contribution in [3.05, 3.63) is 24.0 Å². The Morgan fingerprint density at radius 3 is 3.00 bits per heavy atom. The van der Waals surface area contributed by atoms with Crippen LogP contribution < -0.4 is 5.73 Å². The van der Waals surface area contributed by atoms with E-state index >= 15 is 0 Å². The number of nitrogens with zero attached hydrogens (tertiary/aromatic N) is 2. The number of H-pyrrole nitrogens is 1. The van der Waals surface area contributed by atoms with Gasteiger partial charge in [-0.15, -0.1) is 0 Å². The largest absolute Gasteiger partial charge is 0.367 e. The molecular weight excluding hydrogens is 216 g/mol. The van der Waals surface area contributed by atoms with Crippen LogP contribution in [0.3, 0.4) is 0 Å². The minimum absolute atomic E-state index is 0.0940. The van der Waals surface area contributed by atoms with E-state index in [4.69, 9.17) is 5.73 Å². The molecule has 2 unspecified atom stereocenters. The molecule has 3 N–H and O–H groups in total. The molecule has 0 radical (unpaired) electrons. The number of urea groups is 1. The summed E-state index contributed by atoms with van der Waals surface area (Å²) in [5, 5.41) is 0. The van der Waals surface area contributed by atoms with Crippen molar-refractivity contribution < 1.29 is 4.79 Å². The zero-order valence-electron chi connectivity index (χ0n) is 10.4. The van der Waals surface area contributed by atoms with Gasteiger partial charge in [-0.3, -0.25) is 0 Å². The first-order valence-corrected chi connectivity index (χ1v) is 5.98. The van der Waals surface area contributed by atoms with Gasteiger partial charge in [-0.05, 0) is 24.1 Å². The average Bonchev–Trinajstić information content (AvgIpc) is 2.92. The summed E-state index contributed by atoms with van der Waals surface area (Å²) in [5.41, 5.74) is 6.76. The van der Waals surface area contributed by atoms with Crippen molar-refractivity contribution in [3.8, 4) is 0 Å². The van der Waals surface area contributed by atoms with E-state index in [0.29, 0.717) is 12.5 Å². The Morgan fingerprint density at radius 2 is 2.41 bits per heavy atom. The SMILES string of the molecule is CC(CN)CN1CC(c2cc[nH]c2)N(C)C1=O. The molecule has 1 fully saturated rings. The molecule has 0 spiro atoms. The van der Waals surface area contributed by atoms with Gasteiger partial charge in [-0.2, -0.15) is 0 Å². The molecule has 1 aliphatic rings. The lowest BCUT2D eigenvalue weighted by atomic mass is 10.1. The van der Waals surface area contributed by atoms with Crippen molar-refractivity contribution in [2.75, 3.05) is 26.7 Å². The third-order valence-corrected chi connectivity index (χ3v) is 3.37. The normalized spacial score (nSPS) is 22.3. The van der Waals surface area contributed by atoms with Crippen LogP contribution in [0.5, 0.6) is 0 Å². The van der Waals surface area contributed by atoms with Gasteiger partial charge in [0.2, 0.25) is 0 Å². The lowest BCUT2D eigenvalue weighted by molar-refractivity contribution is 0.191. The highest BCUT2D eigenvalue weighted by Crippen LogP contribution is 2.28. The highest BCUT2D eigenvalue weighted by Gasteiger charge is 2.35. The predicted molar refractivity (Wildman–Crippen MR) is 66.5 cm³/mol. The summed E-state index contributed by atoms with van der Waals surface area (Å²) in [6, 6.07) is 2.26. The summed E-state index contributed by atoms with van der Waals surface area (Å²) in [7, 11) is 1.85. The van der Waals surface area contributed by atoms with Gasteiger partial charge in [0, 0.05) is 32.5 Å². The van der Waals surface area contributed by atoms with Crippen molar-refractivity contribution in [1.29, 1.82) is 0 Å². The van der Waals surface area contributed by atoms with Gasteiger partial charge in [-0.1, -0.05) is 6.92 Å². The Bertz CT molecular complexity index is 376. The molecule has 0 aliphatic carbocycles. The molecule has 94 valence electrons. The Balaban J connectivity index is 2.07. The van der Waals surface area contributed by atoms with Gasteiger partial charge in [-0.25, -0.2) is 4.79 Å². The molecule has 1 saturated heterocycles. The van der Waals surface area contributed by atoms with Gasteiger partial charge in [0.25, 0.3) is 0 Å². The minimum Gasteiger partial charge on any atom is -0.367 e. The number of hydrogen-bond acceptors (Lipinski definition) is 2. The first-order valence-electron chi connectivity index (χ1n) is 5.98. The summed E-state index contributed by atoms with van der Waals surface area (Å²) >= 11 is 0. The van der Waals surface area contributed by atoms with Crippen LogP contribution in [0.2, 0.25) is 0 Å². The van der Waals surface area contributed by atoms with Crippen LogP contribution >= 0.6 is 0 Å². The van der Waals surface area contributed by atoms with E-state index in [1.54, 1.807) is 4.90 Å². The van der Waals surface area contributed by atoms with Crippen LogP contribution in [0.25, 0.3) is 0 Å². The van der Waals surface area contributed by atoms with E-state index in [2.05, 4.69) is 11.9 Å². The maximum absolute atomic E-state index is 12.1. The van der Waals surface area contributed by atoms with E-state index in [1.165, 1.54) is 0 Å². The zero-order valence-corrected chi connectivity index (χ0v) is 10.4. The Labute approximate surface area is 102 Å². The molecule has 1 aliphatic heterocycles. The van der Waals surface area contributed by atoms with Crippen LogP contribution in [-0.4, -0.2) is 47.5 Å². The van der Waals surface area contributed by atoms with Crippen molar-refractivity contribution in [2.24, 2.45) is 11.7 Å². The second kappa shape index (κ2) is 4.79. The number of amides is 2. The second-order valence-corrected chi connectivity index (χ2v) is 4.80. The quantitative estimate of drug-likeness (QED) is 0.819. The van der Waals surface area contributed by atoms with Gasteiger partial charge in [0.15, 0.2) is 0 Å². The molecular formula is C12H20N4O. The van der Waals surface area contributed by atoms with Crippen molar-refractivity contribution >= 4 is 6.03 Å². The van der Waals surface area contributed by atoms with Crippen molar-refractivity contribution in [1.82, 2.24) is 14.8 Å². The molecule has 0 bridgehead atoms. The number of carbonyl (C=O) groups is 1. The number of aromatic amines is 1. The van der Waals surface area contributed by atoms with Crippen LogP contribution in [-0.2, 0) is 0 Å². The smallest absolute Gasteiger partial charge is 0.320 e. The molecule has 5 heteroatoms. The molecule has 1 aromatic heterocycles. The van der Waals surface area contributed by atoms with E-state index < -0.39 is 0 Å². The second-order valence-electron chi connectivity index (χ2n) is 4.80.